The van der Waals surface area contributed by atoms with E-state index in [2.05, 4.69) is 16.8 Å². The summed E-state index contributed by atoms with van der Waals surface area (Å²) in [5.74, 6) is -0.525. The van der Waals surface area contributed by atoms with Crippen LogP contribution in [0.5, 0.6) is 0 Å². The highest BCUT2D eigenvalue weighted by Gasteiger charge is 2.09. The highest BCUT2D eigenvalue weighted by molar-refractivity contribution is 6.04. The summed E-state index contributed by atoms with van der Waals surface area (Å²) in [5, 5.41) is 7.32. The third kappa shape index (κ3) is 1.17. The van der Waals surface area contributed by atoms with Gasteiger partial charge in [0.25, 0.3) is 5.91 Å². The van der Waals surface area contributed by atoms with Crippen LogP contribution in [0.2, 0.25) is 0 Å². The number of rotatable bonds is 2. The van der Waals surface area contributed by atoms with Crippen LogP contribution in [0.15, 0.2) is 24.8 Å². The van der Waals surface area contributed by atoms with Crippen LogP contribution in [0, 0.1) is 0 Å². The quantitative estimate of drug-likeness (QED) is 0.743. The van der Waals surface area contributed by atoms with Gasteiger partial charge in [0.2, 0.25) is 0 Å². The number of fused-ring (bicyclic) bond motifs is 1. The third-order valence-electron chi connectivity index (χ3n) is 2.06. The van der Waals surface area contributed by atoms with Crippen LogP contribution in [-0.2, 0) is 0 Å². The molecule has 70 valence electrons. The smallest absolute Gasteiger partial charge is 0.269 e. The lowest BCUT2D eigenvalue weighted by atomic mass is 10.1. The van der Waals surface area contributed by atoms with Gasteiger partial charge in [-0.25, -0.2) is 0 Å². The Hall–Kier alpha value is -2.10. The minimum atomic E-state index is -0.525. The maximum atomic E-state index is 11.0. The molecule has 0 bridgehead atoms. The van der Waals surface area contributed by atoms with Gasteiger partial charge in [-0.2, -0.15) is 5.10 Å². The van der Waals surface area contributed by atoms with Crippen molar-refractivity contribution in [1.29, 1.82) is 0 Å². The number of nitrogens with zero attached hydrogens (tertiary/aromatic N) is 1. The van der Waals surface area contributed by atoms with Gasteiger partial charge in [-0.3, -0.25) is 9.89 Å². The molecule has 3 N–H and O–H groups in total. The average molecular weight is 187 g/mol. The number of primary amides is 1. The Morgan fingerprint density at radius 3 is 3.00 bits per heavy atom. The summed E-state index contributed by atoms with van der Waals surface area (Å²) in [6.07, 6.45) is 1.73. The van der Waals surface area contributed by atoms with Gasteiger partial charge < -0.3 is 5.73 Å². The minimum absolute atomic E-state index is 0.274. The second kappa shape index (κ2) is 2.99. The van der Waals surface area contributed by atoms with E-state index in [9.17, 15) is 4.79 Å². The fraction of sp³-hybridized carbons (Fsp3) is 0. The normalized spacial score (nSPS) is 10.3. The van der Waals surface area contributed by atoms with Crippen molar-refractivity contribution in [3.8, 4) is 0 Å². The Morgan fingerprint density at radius 1 is 1.57 bits per heavy atom. The van der Waals surface area contributed by atoms with Gasteiger partial charge in [0.1, 0.15) is 0 Å². The van der Waals surface area contributed by atoms with Gasteiger partial charge in [-0.1, -0.05) is 18.7 Å². The second-order valence-electron chi connectivity index (χ2n) is 2.95. The maximum Gasteiger partial charge on any atom is 0.269 e. The van der Waals surface area contributed by atoms with Crippen LogP contribution in [0.4, 0.5) is 0 Å². The minimum Gasteiger partial charge on any atom is -0.364 e. The summed E-state index contributed by atoms with van der Waals surface area (Å²) in [4.78, 5) is 11.0. The van der Waals surface area contributed by atoms with Crippen LogP contribution in [0.1, 0.15) is 16.1 Å². The first-order valence-corrected chi connectivity index (χ1v) is 4.12. The van der Waals surface area contributed by atoms with E-state index in [4.69, 9.17) is 5.73 Å². The number of aromatic amines is 1. The molecule has 4 nitrogen and oxygen atoms in total. The zero-order chi connectivity index (χ0) is 10.1. The monoisotopic (exact) mass is 187 g/mol. The van der Waals surface area contributed by atoms with Crippen LogP contribution in [0.25, 0.3) is 17.0 Å². The Balaban J connectivity index is 2.71. The lowest BCUT2D eigenvalue weighted by molar-refractivity contribution is 0.0997. The number of aromatic nitrogens is 2. The molecule has 0 aliphatic rings. The first kappa shape index (κ1) is 8.50. The van der Waals surface area contributed by atoms with Crippen molar-refractivity contribution in [3.05, 3.63) is 36.0 Å². The van der Waals surface area contributed by atoms with Crippen molar-refractivity contribution in [2.75, 3.05) is 0 Å². The molecule has 2 rings (SSSR count). The summed E-state index contributed by atoms with van der Waals surface area (Å²) in [7, 11) is 0. The maximum absolute atomic E-state index is 11.0. The SMILES string of the molecule is C=Cc1ccc2c(C(N)=O)n[nH]c2c1. The van der Waals surface area contributed by atoms with Gasteiger partial charge in [0, 0.05) is 5.39 Å². The first-order valence-electron chi connectivity index (χ1n) is 4.12. The van der Waals surface area contributed by atoms with E-state index in [0.717, 1.165) is 16.5 Å². The van der Waals surface area contributed by atoms with Crippen molar-refractivity contribution in [1.82, 2.24) is 10.2 Å². The molecule has 0 radical (unpaired) electrons. The van der Waals surface area contributed by atoms with Crippen molar-refractivity contribution < 1.29 is 4.79 Å². The van der Waals surface area contributed by atoms with Crippen molar-refractivity contribution in [2.24, 2.45) is 5.73 Å². The summed E-state index contributed by atoms with van der Waals surface area (Å²) < 4.78 is 0. The Kier molecular flexibility index (Phi) is 1.81. The molecule has 1 aromatic carbocycles. The lowest BCUT2D eigenvalue weighted by Crippen LogP contribution is -2.11. The molecule has 14 heavy (non-hydrogen) atoms. The number of hydrogen-bond donors (Lipinski definition) is 2. The molecule has 0 aliphatic heterocycles. The molecule has 1 heterocycles. The third-order valence-corrected chi connectivity index (χ3v) is 2.06. The molecule has 0 unspecified atom stereocenters. The number of nitrogens with two attached hydrogens (primary N) is 1. The van der Waals surface area contributed by atoms with E-state index < -0.39 is 5.91 Å². The van der Waals surface area contributed by atoms with Crippen molar-refractivity contribution >= 4 is 22.9 Å². The number of H-pyrrole nitrogens is 1. The summed E-state index contributed by atoms with van der Waals surface area (Å²) in [6, 6.07) is 5.52. The highest BCUT2D eigenvalue weighted by Crippen LogP contribution is 2.17. The van der Waals surface area contributed by atoms with Gasteiger partial charge in [0.05, 0.1) is 5.52 Å². The molecule has 2 aromatic rings. The lowest BCUT2D eigenvalue weighted by Gasteiger charge is -1.93. The second-order valence-corrected chi connectivity index (χ2v) is 2.95. The van der Waals surface area contributed by atoms with E-state index in [1.165, 1.54) is 0 Å². The largest absolute Gasteiger partial charge is 0.364 e. The Bertz CT molecular complexity index is 513. The van der Waals surface area contributed by atoms with Crippen LogP contribution in [0.3, 0.4) is 0 Å². The number of carbonyl (C=O) groups is 1. The highest BCUT2D eigenvalue weighted by atomic mass is 16.1. The zero-order valence-electron chi connectivity index (χ0n) is 7.45. The molecule has 0 spiro atoms. The molecule has 1 aromatic heterocycles. The van der Waals surface area contributed by atoms with E-state index in [0.29, 0.717) is 0 Å². The first-order chi connectivity index (χ1) is 6.72. The van der Waals surface area contributed by atoms with Crippen LogP contribution < -0.4 is 5.73 Å². The van der Waals surface area contributed by atoms with E-state index >= 15 is 0 Å². The topological polar surface area (TPSA) is 71.8 Å². The summed E-state index contributed by atoms with van der Waals surface area (Å²) >= 11 is 0. The molecule has 1 amide bonds. The zero-order valence-corrected chi connectivity index (χ0v) is 7.45. The number of benzene rings is 1. The standard InChI is InChI=1S/C10H9N3O/c1-2-6-3-4-7-8(5-6)12-13-9(7)10(11)14/h2-5H,1H2,(H2,11,14)(H,12,13). The predicted octanol–water partition coefficient (Wildman–Crippen LogP) is 1.30. The van der Waals surface area contributed by atoms with Crippen LogP contribution in [-0.4, -0.2) is 16.1 Å². The molecule has 0 saturated carbocycles. The number of hydrogen-bond acceptors (Lipinski definition) is 2. The number of carbonyl (C=O) groups excluding carboxylic acids is 1. The van der Waals surface area contributed by atoms with Crippen molar-refractivity contribution in [2.45, 2.75) is 0 Å². The molecule has 0 atom stereocenters. The van der Waals surface area contributed by atoms with Gasteiger partial charge in [0.15, 0.2) is 5.69 Å². The fourth-order valence-electron chi connectivity index (χ4n) is 1.35. The number of nitrogens with one attached hydrogen (secondary N) is 1. The Labute approximate surface area is 80.4 Å². The molecular formula is C10H9N3O. The van der Waals surface area contributed by atoms with Crippen LogP contribution >= 0.6 is 0 Å². The van der Waals surface area contributed by atoms with E-state index in [1.54, 1.807) is 12.1 Å². The van der Waals surface area contributed by atoms with Gasteiger partial charge in [-0.05, 0) is 17.7 Å². The van der Waals surface area contributed by atoms with Gasteiger partial charge in [-0.15, -0.1) is 0 Å². The fourth-order valence-corrected chi connectivity index (χ4v) is 1.35. The average Bonchev–Trinajstić information content (AvgIpc) is 2.59. The van der Waals surface area contributed by atoms with E-state index in [1.807, 2.05) is 12.1 Å². The number of amides is 1. The predicted molar refractivity (Wildman–Crippen MR) is 54.7 cm³/mol. The summed E-state index contributed by atoms with van der Waals surface area (Å²) in [5.41, 5.74) is 7.18. The van der Waals surface area contributed by atoms with Gasteiger partial charge >= 0.3 is 0 Å². The molecule has 0 aliphatic carbocycles. The summed E-state index contributed by atoms with van der Waals surface area (Å²) in [6.45, 7) is 3.65. The molecular weight excluding hydrogens is 178 g/mol. The molecule has 4 heteroatoms. The molecule has 0 saturated heterocycles. The molecule has 0 fully saturated rings. The Morgan fingerprint density at radius 2 is 2.36 bits per heavy atom. The van der Waals surface area contributed by atoms with Crippen molar-refractivity contribution in [3.63, 3.8) is 0 Å². The van der Waals surface area contributed by atoms with E-state index in [-0.39, 0.29) is 5.69 Å².